The predicted octanol–water partition coefficient (Wildman–Crippen LogP) is 3.12. The topological polar surface area (TPSA) is 87.5 Å². The van der Waals surface area contributed by atoms with Gasteiger partial charge >= 0.3 is 6.09 Å². The zero-order chi connectivity index (χ0) is 17.4. The molecule has 0 radical (unpaired) electrons. The van der Waals surface area contributed by atoms with Gasteiger partial charge in [-0.05, 0) is 28.1 Å². The number of nitrogens with one attached hydrogen (secondary N) is 1. The van der Waals surface area contributed by atoms with Crippen molar-refractivity contribution in [2.75, 3.05) is 11.9 Å². The summed E-state index contributed by atoms with van der Waals surface area (Å²) in [5.74, 6) is -0.169. The van der Waals surface area contributed by atoms with E-state index in [1.54, 1.807) is 29.8 Å². The Morgan fingerprint density at radius 2 is 2.17 bits per heavy atom. The first-order valence-electron chi connectivity index (χ1n) is 7.16. The minimum atomic E-state index is -0.988. The Morgan fingerprint density at radius 1 is 1.42 bits per heavy atom. The van der Waals surface area contributed by atoms with Gasteiger partial charge < -0.3 is 19.9 Å². The first-order valence-corrected chi connectivity index (χ1v) is 8.33. The van der Waals surface area contributed by atoms with E-state index in [9.17, 15) is 9.59 Å². The Kier molecular flexibility index (Phi) is 4.51. The highest BCUT2D eigenvalue weighted by Gasteiger charge is 2.27. The van der Waals surface area contributed by atoms with Gasteiger partial charge in [0.1, 0.15) is 0 Å². The van der Waals surface area contributed by atoms with E-state index in [-0.39, 0.29) is 12.4 Å². The second kappa shape index (κ2) is 6.45. The van der Waals surface area contributed by atoms with E-state index in [4.69, 9.17) is 16.7 Å². The van der Waals surface area contributed by atoms with Crippen LogP contribution in [0, 0.1) is 0 Å². The van der Waals surface area contributed by atoms with Crippen molar-refractivity contribution in [3.8, 4) is 0 Å². The van der Waals surface area contributed by atoms with E-state index >= 15 is 0 Å². The lowest BCUT2D eigenvalue weighted by Crippen LogP contribution is -2.35. The Labute approximate surface area is 151 Å². The molecule has 2 amide bonds. The van der Waals surface area contributed by atoms with Crippen molar-refractivity contribution in [1.82, 2.24) is 14.5 Å². The van der Waals surface area contributed by atoms with Crippen molar-refractivity contribution in [3.05, 3.63) is 44.9 Å². The summed E-state index contributed by atoms with van der Waals surface area (Å²) in [4.78, 5) is 29.2. The lowest BCUT2D eigenvalue weighted by Gasteiger charge is -2.23. The van der Waals surface area contributed by atoms with Gasteiger partial charge in [0.15, 0.2) is 5.82 Å². The summed E-state index contributed by atoms with van der Waals surface area (Å²) in [6, 6.07) is 5.23. The average molecular weight is 414 g/mol. The number of amides is 2. The van der Waals surface area contributed by atoms with Crippen molar-refractivity contribution in [1.29, 1.82) is 0 Å². The standard InChI is InChI=1S/C15H14BrClN4O3/c1-20-11-5-6-21(15(23)24)7-10(11)18-13(20)14(22)19-9-4-2-3-8(16)12(9)17/h2-4H,5-7H2,1H3,(H,19,22)(H,23,24). The van der Waals surface area contributed by atoms with Gasteiger partial charge in [0.05, 0.1) is 22.9 Å². The second-order valence-corrected chi connectivity index (χ2v) is 6.63. The predicted molar refractivity (Wildman–Crippen MR) is 92.5 cm³/mol. The average Bonchev–Trinajstić information content (AvgIpc) is 2.88. The Morgan fingerprint density at radius 3 is 2.88 bits per heavy atom. The smallest absolute Gasteiger partial charge is 0.407 e. The van der Waals surface area contributed by atoms with Gasteiger partial charge in [-0.25, -0.2) is 9.78 Å². The van der Waals surface area contributed by atoms with Crippen molar-refractivity contribution < 1.29 is 14.7 Å². The zero-order valence-electron chi connectivity index (χ0n) is 12.7. The molecular weight excluding hydrogens is 400 g/mol. The van der Waals surface area contributed by atoms with Gasteiger partial charge in [0.25, 0.3) is 5.91 Å². The molecule has 9 heteroatoms. The molecule has 0 aliphatic carbocycles. The molecule has 2 heterocycles. The quantitative estimate of drug-likeness (QED) is 0.792. The van der Waals surface area contributed by atoms with Crippen LogP contribution in [0.1, 0.15) is 22.0 Å². The van der Waals surface area contributed by atoms with Crippen LogP contribution < -0.4 is 5.32 Å². The zero-order valence-corrected chi connectivity index (χ0v) is 15.1. The maximum Gasteiger partial charge on any atom is 0.407 e. The van der Waals surface area contributed by atoms with Crippen LogP contribution in [-0.2, 0) is 20.0 Å². The fourth-order valence-electron chi connectivity index (χ4n) is 2.67. The molecule has 0 spiro atoms. The minimum Gasteiger partial charge on any atom is -0.465 e. The second-order valence-electron chi connectivity index (χ2n) is 5.40. The third-order valence-corrected chi connectivity index (χ3v) is 5.23. The number of carbonyl (C=O) groups excluding carboxylic acids is 1. The highest BCUT2D eigenvalue weighted by Crippen LogP contribution is 2.30. The van der Waals surface area contributed by atoms with Crippen LogP contribution in [0.5, 0.6) is 0 Å². The molecule has 0 atom stereocenters. The van der Waals surface area contributed by atoms with Crippen LogP contribution in [0.2, 0.25) is 5.02 Å². The number of imidazole rings is 1. The van der Waals surface area contributed by atoms with Crippen LogP contribution in [-0.4, -0.2) is 38.1 Å². The number of benzene rings is 1. The molecule has 0 saturated carbocycles. The summed E-state index contributed by atoms with van der Waals surface area (Å²) in [7, 11) is 1.75. The first kappa shape index (κ1) is 16.8. The van der Waals surface area contributed by atoms with Gasteiger partial charge in [-0.2, -0.15) is 0 Å². The molecule has 1 aromatic carbocycles. The number of nitrogens with zero attached hydrogens (tertiary/aromatic N) is 3. The van der Waals surface area contributed by atoms with Gasteiger partial charge in [0.2, 0.25) is 0 Å². The Bertz CT molecular complexity index is 836. The van der Waals surface area contributed by atoms with E-state index in [2.05, 4.69) is 26.2 Å². The van der Waals surface area contributed by atoms with E-state index < -0.39 is 12.0 Å². The number of fused-ring (bicyclic) bond motifs is 1. The number of anilines is 1. The molecule has 0 unspecified atom stereocenters. The summed E-state index contributed by atoms with van der Waals surface area (Å²) in [6.45, 7) is 0.573. The first-order chi connectivity index (χ1) is 11.4. The van der Waals surface area contributed by atoms with Crippen LogP contribution >= 0.6 is 27.5 Å². The van der Waals surface area contributed by atoms with Gasteiger partial charge in [0, 0.05) is 30.2 Å². The lowest BCUT2D eigenvalue weighted by molar-refractivity contribution is 0.101. The fraction of sp³-hybridized carbons (Fsp3) is 0.267. The third-order valence-electron chi connectivity index (χ3n) is 3.93. The maximum absolute atomic E-state index is 12.5. The monoisotopic (exact) mass is 412 g/mol. The molecule has 3 rings (SSSR count). The van der Waals surface area contributed by atoms with Gasteiger partial charge in [-0.1, -0.05) is 17.7 Å². The number of halogens is 2. The summed E-state index contributed by atoms with van der Waals surface area (Å²) in [5.41, 5.74) is 1.96. The Balaban J connectivity index is 1.87. The fourth-order valence-corrected chi connectivity index (χ4v) is 3.21. The number of rotatable bonds is 2. The molecule has 1 aliphatic rings. The molecule has 0 fully saturated rings. The SMILES string of the molecule is Cn1c(C(=O)Nc2cccc(Br)c2Cl)nc2c1CCN(C(=O)O)C2. The molecule has 1 aromatic heterocycles. The van der Waals surface area contributed by atoms with E-state index in [0.29, 0.717) is 33.8 Å². The molecular formula is C15H14BrClN4O3. The highest BCUT2D eigenvalue weighted by atomic mass is 79.9. The number of hydrogen-bond acceptors (Lipinski definition) is 3. The van der Waals surface area contributed by atoms with Gasteiger partial charge in [-0.15, -0.1) is 0 Å². The summed E-state index contributed by atoms with van der Waals surface area (Å²) in [5, 5.41) is 12.2. The van der Waals surface area contributed by atoms with E-state index in [0.717, 1.165) is 5.69 Å². The molecule has 0 saturated heterocycles. The number of carboxylic acid groups (broad SMARTS) is 1. The molecule has 7 nitrogen and oxygen atoms in total. The molecule has 126 valence electrons. The van der Waals surface area contributed by atoms with Crippen LogP contribution in [0.15, 0.2) is 22.7 Å². The molecule has 0 bridgehead atoms. The van der Waals surface area contributed by atoms with Crippen molar-refractivity contribution in [2.24, 2.45) is 7.05 Å². The maximum atomic E-state index is 12.5. The van der Waals surface area contributed by atoms with Crippen molar-refractivity contribution in [2.45, 2.75) is 13.0 Å². The van der Waals surface area contributed by atoms with E-state index in [1.807, 2.05) is 0 Å². The summed E-state index contributed by atoms with van der Waals surface area (Å²) in [6.07, 6.45) is -0.464. The molecule has 1 aliphatic heterocycles. The van der Waals surface area contributed by atoms with Gasteiger partial charge in [-0.3, -0.25) is 4.79 Å². The number of hydrogen-bond donors (Lipinski definition) is 2. The summed E-state index contributed by atoms with van der Waals surface area (Å²) >= 11 is 9.47. The Hall–Kier alpha value is -2.06. The highest BCUT2D eigenvalue weighted by molar-refractivity contribution is 9.10. The molecule has 2 N–H and O–H groups in total. The molecule has 24 heavy (non-hydrogen) atoms. The van der Waals surface area contributed by atoms with Crippen LogP contribution in [0.25, 0.3) is 0 Å². The summed E-state index contributed by atoms with van der Waals surface area (Å²) < 4.78 is 2.38. The van der Waals surface area contributed by atoms with E-state index in [1.165, 1.54) is 4.90 Å². The lowest BCUT2D eigenvalue weighted by atomic mass is 10.1. The third kappa shape index (κ3) is 2.99. The van der Waals surface area contributed by atoms with Crippen LogP contribution in [0.3, 0.4) is 0 Å². The number of aromatic nitrogens is 2. The van der Waals surface area contributed by atoms with Crippen LogP contribution in [0.4, 0.5) is 10.5 Å². The van der Waals surface area contributed by atoms with Crippen molar-refractivity contribution in [3.63, 3.8) is 0 Å². The largest absolute Gasteiger partial charge is 0.465 e. The number of carbonyl (C=O) groups is 2. The molecule has 2 aromatic rings. The normalized spacial score (nSPS) is 13.5. The minimum absolute atomic E-state index is 0.184. The van der Waals surface area contributed by atoms with Crippen molar-refractivity contribution >= 4 is 45.2 Å².